The fraction of sp³-hybridized carbons (Fsp3) is 0.462. The van der Waals surface area contributed by atoms with Crippen LogP contribution in [0.4, 0.5) is 22.0 Å². The molecule has 0 unspecified atom stereocenters. The summed E-state index contributed by atoms with van der Waals surface area (Å²) in [6.45, 7) is 2.37. The molecule has 0 saturated heterocycles. The van der Waals surface area contributed by atoms with E-state index in [4.69, 9.17) is 5.11 Å². The SMILES string of the molecule is CCOC(=O)c1c(C(F)F)nc(C(F)(F)F)c(C(=O)O)c1CC. The Labute approximate surface area is 127 Å². The van der Waals surface area contributed by atoms with Crippen molar-refractivity contribution in [2.75, 3.05) is 6.61 Å². The van der Waals surface area contributed by atoms with Crippen molar-refractivity contribution in [1.82, 2.24) is 4.98 Å². The maximum atomic E-state index is 13.1. The standard InChI is InChI=1S/C13H12F5NO4/c1-3-5-6(12(22)23-4-2)8(10(14)15)19-9(13(16,17)18)7(5)11(20)21/h10H,3-4H2,1-2H3,(H,20,21). The van der Waals surface area contributed by atoms with E-state index in [1.54, 1.807) is 0 Å². The number of aromatic nitrogens is 1. The normalized spacial score (nSPS) is 11.7. The van der Waals surface area contributed by atoms with Crippen LogP contribution in [0, 0.1) is 0 Å². The second-order valence-electron chi connectivity index (χ2n) is 4.25. The number of carboxylic acids is 1. The Kier molecular flexibility index (Phi) is 5.62. The highest BCUT2D eigenvalue weighted by atomic mass is 19.4. The molecule has 5 nitrogen and oxygen atoms in total. The minimum atomic E-state index is -5.27. The molecule has 0 aliphatic carbocycles. The third kappa shape index (κ3) is 3.74. The molecular formula is C13H12F5NO4. The van der Waals surface area contributed by atoms with Crippen LogP contribution in [0.3, 0.4) is 0 Å². The number of carboxylic acid groups (broad SMARTS) is 1. The van der Waals surface area contributed by atoms with E-state index in [0.29, 0.717) is 0 Å². The molecule has 1 N–H and O–H groups in total. The Hall–Kier alpha value is -2.26. The van der Waals surface area contributed by atoms with Gasteiger partial charge in [-0.15, -0.1) is 0 Å². The van der Waals surface area contributed by atoms with Crippen molar-refractivity contribution in [2.45, 2.75) is 32.9 Å². The van der Waals surface area contributed by atoms with Gasteiger partial charge in [-0.3, -0.25) is 0 Å². The van der Waals surface area contributed by atoms with Crippen LogP contribution in [0.25, 0.3) is 0 Å². The van der Waals surface area contributed by atoms with Crippen molar-refractivity contribution in [1.29, 1.82) is 0 Å². The fourth-order valence-corrected chi connectivity index (χ4v) is 2.03. The van der Waals surface area contributed by atoms with E-state index in [-0.39, 0.29) is 6.61 Å². The number of pyridine rings is 1. The largest absolute Gasteiger partial charge is 0.478 e. The average Bonchev–Trinajstić information content (AvgIpc) is 2.43. The van der Waals surface area contributed by atoms with Gasteiger partial charge in [0.15, 0.2) is 5.69 Å². The van der Waals surface area contributed by atoms with Crippen LogP contribution in [0.1, 0.15) is 57.9 Å². The number of alkyl halides is 5. The van der Waals surface area contributed by atoms with Gasteiger partial charge in [0.2, 0.25) is 0 Å². The molecule has 0 aliphatic rings. The van der Waals surface area contributed by atoms with Crippen molar-refractivity contribution in [2.24, 2.45) is 0 Å². The van der Waals surface area contributed by atoms with E-state index >= 15 is 0 Å². The summed E-state index contributed by atoms with van der Waals surface area (Å²) < 4.78 is 69.5. The molecule has 1 heterocycles. The van der Waals surface area contributed by atoms with Gasteiger partial charge in [-0.2, -0.15) is 13.2 Å². The number of rotatable bonds is 5. The van der Waals surface area contributed by atoms with Crippen LogP contribution in [-0.2, 0) is 17.3 Å². The van der Waals surface area contributed by atoms with Crippen LogP contribution in [0.5, 0.6) is 0 Å². The van der Waals surface area contributed by atoms with E-state index in [1.165, 1.54) is 13.8 Å². The molecule has 0 spiro atoms. The molecule has 0 radical (unpaired) electrons. The van der Waals surface area contributed by atoms with E-state index in [0.717, 1.165) is 0 Å². The van der Waals surface area contributed by atoms with Crippen LogP contribution >= 0.6 is 0 Å². The smallest absolute Gasteiger partial charge is 0.434 e. The van der Waals surface area contributed by atoms with E-state index in [1.807, 2.05) is 0 Å². The van der Waals surface area contributed by atoms with Crippen molar-refractivity contribution in [3.63, 3.8) is 0 Å². The zero-order chi connectivity index (χ0) is 17.9. The third-order valence-corrected chi connectivity index (χ3v) is 2.85. The topological polar surface area (TPSA) is 76.5 Å². The summed E-state index contributed by atoms with van der Waals surface area (Å²) in [7, 11) is 0. The van der Waals surface area contributed by atoms with Gasteiger partial charge in [-0.25, -0.2) is 23.4 Å². The molecule has 128 valence electrons. The minimum Gasteiger partial charge on any atom is -0.478 e. The number of esters is 1. The maximum absolute atomic E-state index is 13.1. The lowest BCUT2D eigenvalue weighted by molar-refractivity contribution is -0.142. The quantitative estimate of drug-likeness (QED) is 0.655. The first kappa shape index (κ1) is 18.8. The molecule has 0 saturated carbocycles. The van der Waals surface area contributed by atoms with E-state index in [2.05, 4.69) is 9.72 Å². The summed E-state index contributed by atoms with van der Waals surface area (Å²) in [5.41, 5.74) is -6.36. The Morgan fingerprint density at radius 3 is 2.13 bits per heavy atom. The molecular weight excluding hydrogens is 329 g/mol. The maximum Gasteiger partial charge on any atom is 0.434 e. The first-order valence-corrected chi connectivity index (χ1v) is 6.38. The fourth-order valence-electron chi connectivity index (χ4n) is 2.03. The first-order valence-electron chi connectivity index (χ1n) is 6.38. The second-order valence-corrected chi connectivity index (χ2v) is 4.25. The highest BCUT2D eigenvalue weighted by Gasteiger charge is 2.42. The summed E-state index contributed by atoms with van der Waals surface area (Å²) in [5.74, 6) is -3.36. The molecule has 10 heteroatoms. The van der Waals surface area contributed by atoms with Crippen LogP contribution in [-0.4, -0.2) is 28.6 Å². The number of ether oxygens (including phenoxy) is 1. The summed E-state index contributed by atoms with van der Waals surface area (Å²) >= 11 is 0. The van der Waals surface area contributed by atoms with Crippen molar-refractivity contribution < 1.29 is 41.4 Å². The number of aromatic carboxylic acids is 1. The summed E-state index contributed by atoms with van der Waals surface area (Å²) in [6.07, 6.45) is -9.18. The van der Waals surface area contributed by atoms with Gasteiger partial charge < -0.3 is 9.84 Å². The highest BCUT2D eigenvalue weighted by molar-refractivity contribution is 5.99. The number of halogens is 5. The number of hydrogen-bond donors (Lipinski definition) is 1. The Balaban J connectivity index is 3.92. The number of nitrogens with zero attached hydrogens (tertiary/aromatic N) is 1. The predicted molar refractivity (Wildman–Crippen MR) is 66.5 cm³/mol. The Morgan fingerprint density at radius 1 is 1.22 bits per heavy atom. The van der Waals surface area contributed by atoms with Gasteiger partial charge in [0.05, 0.1) is 17.7 Å². The summed E-state index contributed by atoms with van der Waals surface area (Å²) in [6, 6.07) is 0. The molecule has 1 rings (SSSR count). The van der Waals surface area contributed by atoms with Gasteiger partial charge in [-0.05, 0) is 18.9 Å². The lowest BCUT2D eigenvalue weighted by Gasteiger charge is -2.18. The second kappa shape index (κ2) is 6.88. The van der Waals surface area contributed by atoms with Gasteiger partial charge in [0.25, 0.3) is 6.43 Å². The average molecular weight is 341 g/mol. The number of hydrogen-bond acceptors (Lipinski definition) is 4. The molecule has 0 aromatic carbocycles. The molecule has 0 fully saturated rings. The lowest BCUT2D eigenvalue weighted by Crippen LogP contribution is -2.24. The molecule has 0 bridgehead atoms. The van der Waals surface area contributed by atoms with Crippen molar-refractivity contribution >= 4 is 11.9 Å². The Morgan fingerprint density at radius 2 is 1.78 bits per heavy atom. The first-order chi connectivity index (χ1) is 10.6. The van der Waals surface area contributed by atoms with Gasteiger partial charge in [-0.1, -0.05) is 6.92 Å². The molecule has 1 aromatic heterocycles. The lowest BCUT2D eigenvalue weighted by atomic mass is 9.95. The number of carbonyl (C=O) groups excluding carboxylic acids is 1. The van der Waals surface area contributed by atoms with E-state index < -0.39 is 59.0 Å². The number of carbonyl (C=O) groups is 2. The van der Waals surface area contributed by atoms with Gasteiger partial charge >= 0.3 is 18.1 Å². The van der Waals surface area contributed by atoms with Gasteiger partial charge in [0.1, 0.15) is 5.69 Å². The van der Waals surface area contributed by atoms with Crippen molar-refractivity contribution in [3.05, 3.63) is 28.1 Å². The molecule has 0 amide bonds. The Bertz CT molecular complexity index is 628. The highest BCUT2D eigenvalue weighted by Crippen LogP contribution is 2.37. The summed E-state index contributed by atoms with van der Waals surface area (Å²) in [5, 5.41) is 9.03. The van der Waals surface area contributed by atoms with E-state index in [9.17, 15) is 31.5 Å². The molecule has 0 atom stereocenters. The predicted octanol–water partition coefficient (Wildman–Crippen LogP) is 3.48. The van der Waals surface area contributed by atoms with Crippen LogP contribution in [0.15, 0.2) is 0 Å². The zero-order valence-electron chi connectivity index (χ0n) is 12.0. The van der Waals surface area contributed by atoms with Crippen LogP contribution in [0.2, 0.25) is 0 Å². The van der Waals surface area contributed by atoms with Crippen LogP contribution < -0.4 is 0 Å². The zero-order valence-corrected chi connectivity index (χ0v) is 12.0. The minimum absolute atomic E-state index is 0.228. The third-order valence-electron chi connectivity index (χ3n) is 2.85. The monoisotopic (exact) mass is 341 g/mol. The summed E-state index contributed by atoms with van der Waals surface area (Å²) in [4.78, 5) is 25.7. The molecule has 23 heavy (non-hydrogen) atoms. The van der Waals surface area contributed by atoms with Gasteiger partial charge in [0, 0.05) is 0 Å². The molecule has 1 aromatic rings. The van der Waals surface area contributed by atoms with Crippen molar-refractivity contribution in [3.8, 4) is 0 Å². The molecule has 0 aliphatic heterocycles.